The van der Waals surface area contributed by atoms with Crippen LogP contribution in [0.2, 0.25) is 0 Å². The van der Waals surface area contributed by atoms with Crippen molar-refractivity contribution in [2.75, 3.05) is 5.73 Å². The van der Waals surface area contributed by atoms with E-state index in [4.69, 9.17) is 5.73 Å². The Bertz CT molecular complexity index is 419. The Morgan fingerprint density at radius 3 is 2.92 bits per heavy atom. The largest absolute Gasteiger partial charge is 0.384 e. The second-order valence-corrected chi connectivity index (χ2v) is 2.86. The zero-order valence-corrected chi connectivity index (χ0v) is 7.31. The molecular weight excluding hydrogens is 164 g/mol. The highest BCUT2D eigenvalue weighted by molar-refractivity contribution is 5.61. The van der Waals surface area contributed by atoms with E-state index in [-0.39, 0.29) is 0 Å². The number of anilines is 1. The first kappa shape index (κ1) is 7.79. The quantitative estimate of drug-likeness (QED) is 0.703. The van der Waals surface area contributed by atoms with Gasteiger partial charge in [0.15, 0.2) is 0 Å². The Kier molecular flexibility index (Phi) is 1.73. The molecule has 2 N–H and O–H groups in total. The van der Waals surface area contributed by atoms with Crippen LogP contribution in [-0.4, -0.2) is 14.5 Å². The van der Waals surface area contributed by atoms with Crippen molar-refractivity contribution in [3.05, 3.63) is 30.9 Å². The maximum Gasteiger partial charge on any atom is 0.123 e. The first-order valence-corrected chi connectivity index (χ1v) is 3.95. The van der Waals surface area contributed by atoms with E-state index in [1.807, 2.05) is 23.7 Å². The number of nitrogens with two attached hydrogens (primary N) is 1. The van der Waals surface area contributed by atoms with Crippen molar-refractivity contribution in [2.24, 2.45) is 7.05 Å². The van der Waals surface area contributed by atoms with E-state index in [0.29, 0.717) is 5.82 Å². The lowest BCUT2D eigenvalue weighted by Crippen LogP contribution is -1.92. The Morgan fingerprint density at radius 2 is 2.31 bits per heavy atom. The minimum absolute atomic E-state index is 0.527. The molecule has 0 radical (unpaired) electrons. The summed E-state index contributed by atoms with van der Waals surface area (Å²) in [5, 5.41) is 0. The smallest absolute Gasteiger partial charge is 0.123 e. The van der Waals surface area contributed by atoms with Crippen LogP contribution in [0.4, 0.5) is 5.82 Å². The molecule has 0 saturated heterocycles. The maximum absolute atomic E-state index is 5.57. The fourth-order valence-corrected chi connectivity index (χ4v) is 1.24. The number of nitrogens with zero attached hydrogens (tertiary/aromatic N) is 3. The highest BCUT2D eigenvalue weighted by Crippen LogP contribution is 2.18. The number of aryl methyl sites for hydroxylation is 1. The average Bonchev–Trinajstić information content (AvgIpc) is 2.51. The summed E-state index contributed by atoms with van der Waals surface area (Å²) in [6, 6.07) is 3.74. The highest BCUT2D eigenvalue weighted by atomic mass is 15.0. The van der Waals surface area contributed by atoms with Gasteiger partial charge in [-0.05, 0) is 12.1 Å². The second kappa shape index (κ2) is 2.90. The predicted molar refractivity (Wildman–Crippen MR) is 50.9 cm³/mol. The molecule has 0 saturated carbocycles. The Morgan fingerprint density at radius 1 is 1.46 bits per heavy atom. The van der Waals surface area contributed by atoms with Crippen LogP contribution in [0.15, 0.2) is 30.9 Å². The third-order valence-electron chi connectivity index (χ3n) is 1.89. The van der Waals surface area contributed by atoms with Gasteiger partial charge in [0, 0.05) is 18.8 Å². The highest BCUT2D eigenvalue weighted by Gasteiger charge is 2.01. The summed E-state index contributed by atoms with van der Waals surface area (Å²) < 4.78 is 1.94. The van der Waals surface area contributed by atoms with Crippen LogP contribution in [0.3, 0.4) is 0 Å². The van der Waals surface area contributed by atoms with Gasteiger partial charge in [-0.15, -0.1) is 0 Å². The van der Waals surface area contributed by atoms with E-state index in [0.717, 1.165) is 11.3 Å². The Hall–Kier alpha value is -1.84. The summed E-state index contributed by atoms with van der Waals surface area (Å²) >= 11 is 0. The number of aromatic nitrogens is 3. The third-order valence-corrected chi connectivity index (χ3v) is 1.89. The van der Waals surface area contributed by atoms with Crippen molar-refractivity contribution in [3.8, 4) is 11.3 Å². The van der Waals surface area contributed by atoms with Gasteiger partial charge in [-0.2, -0.15) is 0 Å². The lowest BCUT2D eigenvalue weighted by atomic mass is 10.2. The van der Waals surface area contributed by atoms with Gasteiger partial charge in [-0.1, -0.05) is 0 Å². The van der Waals surface area contributed by atoms with Crippen molar-refractivity contribution in [1.82, 2.24) is 14.5 Å². The van der Waals surface area contributed by atoms with Gasteiger partial charge in [0.1, 0.15) is 5.82 Å². The molecule has 0 atom stereocenters. The van der Waals surface area contributed by atoms with E-state index in [2.05, 4.69) is 9.97 Å². The molecule has 0 fully saturated rings. The van der Waals surface area contributed by atoms with Gasteiger partial charge in [-0.3, -0.25) is 0 Å². The van der Waals surface area contributed by atoms with Crippen LogP contribution >= 0.6 is 0 Å². The monoisotopic (exact) mass is 174 g/mol. The molecule has 4 nitrogen and oxygen atoms in total. The van der Waals surface area contributed by atoms with E-state index in [1.54, 1.807) is 18.7 Å². The maximum atomic E-state index is 5.57. The third kappa shape index (κ3) is 1.38. The fraction of sp³-hybridized carbons (Fsp3) is 0.111. The first-order chi connectivity index (χ1) is 6.27. The van der Waals surface area contributed by atoms with Crippen molar-refractivity contribution in [2.45, 2.75) is 0 Å². The normalized spacial score (nSPS) is 10.2. The number of imidazole rings is 1. The molecule has 0 aliphatic heterocycles. The SMILES string of the molecule is Cn1cncc1-c1ccnc(N)c1. The molecule has 0 aliphatic rings. The van der Waals surface area contributed by atoms with Crippen molar-refractivity contribution in [3.63, 3.8) is 0 Å². The van der Waals surface area contributed by atoms with Gasteiger partial charge < -0.3 is 10.3 Å². The summed E-state index contributed by atoms with van der Waals surface area (Å²) in [6.07, 6.45) is 5.25. The molecule has 2 aromatic rings. The van der Waals surface area contributed by atoms with E-state index in [1.165, 1.54) is 0 Å². The number of hydrogen-bond acceptors (Lipinski definition) is 3. The summed E-state index contributed by atoms with van der Waals surface area (Å²) in [7, 11) is 1.94. The lowest BCUT2D eigenvalue weighted by Gasteiger charge is -2.01. The van der Waals surface area contributed by atoms with Gasteiger partial charge in [0.25, 0.3) is 0 Å². The van der Waals surface area contributed by atoms with Gasteiger partial charge >= 0.3 is 0 Å². The van der Waals surface area contributed by atoms with Crippen LogP contribution in [-0.2, 0) is 7.05 Å². The molecule has 0 unspecified atom stereocenters. The standard InChI is InChI=1S/C9H10N4/c1-13-6-11-5-8(13)7-2-3-12-9(10)4-7/h2-6H,1H3,(H2,10,12). The average molecular weight is 174 g/mol. The number of pyridine rings is 1. The predicted octanol–water partition coefficient (Wildman–Crippen LogP) is 1.06. The van der Waals surface area contributed by atoms with Crippen molar-refractivity contribution >= 4 is 5.82 Å². The molecule has 0 spiro atoms. The molecule has 2 heterocycles. The molecule has 0 bridgehead atoms. The summed E-state index contributed by atoms with van der Waals surface area (Å²) in [5.74, 6) is 0.527. The van der Waals surface area contributed by atoms with E-state index < -0.39 is 0 Å². The minimum Gasteiger partial charge on any atom is -0.384 e. The van der Waals surface area contributed by atoms with Crippen LogP contribution in [0.25, 0.3) is 11.3 Å². The second-order valence-electron chi connectivity index (χ2n) is 2.86. The van der Waals surface area contributed by atoms with Crippen LogP contribution < -0.4 is 5.73 Å². The molecule has 0 amide bonds. The zero-order valence-electron chi connectivity index (χ0n) is 7.31. The van der Waals surface area contributed by atoms with Gasteiger partial charge in [0.05, 0.1) is 18.2 Å². The van der Waals surface area contributed by atoms with Gasteiger partial charge in [-0.25, -0.2) is 9.97 Å². The summed E-state index contributed by atoms with van der Waals surface area (Å²) in [5.41, 5.74) is 7.64. The van der Waals surface area contributed by atoms with Gasteiger partial charge in [0.2, 0.25) is 0 Å². The summed E-state index contributed by atoms with van der Waals surface area (Å²) in [4.78, 5) is 7.96. The number of nitrogen functional groups attached to an aromatic ring is 1. The molecule has 0 aromatic carbocycles. The molecule has 0 aliphatic carbocycles. The Labute approximate surface area is 76.1 Å². The fourth-order valence-electron chi connectivity index (χ4n) is 1.24. The van der Waals surface area contributed by atoms with E-state index >= 15 is 0 Å². The minimum atomic E-state index is 0.527. The van der Waals surface area contributed by atoms with Crippen molar-refractivity contribution < 1.29 is 0 Å². The van der Waals surface area contributed by atoms with Crippen LogP contribution in [0.1, 0.15) is 0 Å². The van der Waals surface area contributed by atoms with Crippen molar-refractivity contribution in [1.29, 1.82) is 0 Å². The molecule has 2 rings (SSSR count). The number of hydrogen-bond donors (Lipinski definition) is 1. The molecule has 13 heavy (non-hydrogen) atoms. The zero-order chi connectivity index (χ0) is 9.26. The Balaban J connectivity index is 2.53. The summed E-state index contributed by atoms with van der Waals surface area (Å²) in [6.45, 7) is 0. The van der Waals surface area contributed by atoms with Crippen LogP contribution in [0, 0.1) is 0 Å². The first-order valence-electron chi connectivity index (χ1n) is 3.95. The van der Waals surface area contributed by atoms with Crippen LogP contribution in [0.5, 0.6) is 0 Å². The topological polar surface area (TPSA) is 56.7 Å². The lowest BCUT2D eigenvalue weighted by molar-refractivity contribution is 0.921. The molecule has 4 heteroatoms. The number of rotatable bonds is 1. The molecular formula is C9H10N4. The molecule has 66 valence electrons. The molecule has 2 aromatic heterocycles. The van der Waals surface area contributed by atoms with E-state index in [9.17, 15) is 0 Å².